The summed E-state index contributed by atoms with van der Waals surface area (Å²) >= 11 is 5.80. The first-order chi connectivity index (χ1) is 9.36. The van der Waals surface area contributed by atoms with Crippen LogP contribution in [0.2, 0.25) is 5.02 Å². The van der Waals surface area contributed by atoms with Crippen molar-refractivity contribution < 1.29 is 13.2 Å². The second-order valence-electron chi connectivity index (χ2n) is 3.98. The third-order valence-corrected chi connectivity index (χ3v) is 2.67. The molecular formula is C12H10ClF3N4. The molecule has 2 N–H and O–H groups in total. The lowest BCUT2D eigenvalue weighted by Crippen LogP contribution is -2.05. The van der Waals surface area contributed by atoms with E-state index in [-0.39, 0.29) is 5.69 Å². The van der Waals surface area contributed by atoms with Crippen LogP contribution in [0.5, 0.6) is 0 Å². The van der Waals surface area contributed by atoms with E-state index in [1.54, 1.807) is 31.2 Å². The molecule has 20 heavy (non-hydrogen) atoms. The van der Waals surface area contributed by atoms with Gasteiger partial charge in [-0.2, -0.15) is 23.4 Å². The minimum atomic E-state index is -4.45. The van der Waals surface area contributed by atoms with E-state index in [0.29, 0.717) is 16.4 Å². The Bertz CT molecular complexity index is 634. The third kappa shape index (κ3) is 3.51. The van der Waals surface area contributed by atoms with Crippen LogP contribution < -0.4 is 5.43 Å². The second kappa shape index (κ2) is 5.54. The highest BCUT2D eigenvalue weighted by Gasteiger charge is 2.33. The number of hydrogen-bond donors (Lipinski definition) is 2. The Balaban J connectivity index is 2.13. The van der Waals surface area contributed by atoms with Gasteiger partial charge in [0.15, 0.2) is 0 Å². The molecule has 0 aliphatic heterocycles. The van der Waals surface area contributed by atoms with Crippen molar-refractivity contribution in [3.63, 3.8) is 0 Å². The Kier molecular flexibility index (Phi) is 3.99. The lowest BCUT2D eigenvalue weighted by atomic mass is 10.3. The maximum absolute atomic E-state index is 12.4. The number of aromatic amines is 1. The maximum Gasteiger partial charge on any atom is 0.432 e. The van der Waals surface area contributed by atoms with Crippen molar-refractivity contribution in [1.82, 2.24) is 10.2 Å². The Morgan fingerprint density at radius 3 is 2.70 bits per heavy atom. The van der Waals surface area contributed by atoms with Crippen molar-refractivity contribution in [2.75, 3.05) is 5.43 Å². The van der Waals surface area contributed by atoms with Gasteiger partial charge in [-0.3, -0.25) is 10.5 Å². The summed E-state index contributed by atoms with van der Waals surface area (Å²) in [5, 5.41) is 9.99. The Morgan fingerprint density at radius 1 is 1.35 bits per heavy atom. The summed E-state index contributed by atoms with van der Waals surface area (Å²) in [7, 11) is 0. The van der Waals surface area contributed by atoms with E-state index >= 15 is 0 Å². The van der Waals surface area contributed by atoms with E-state index in [9.17, 15) is 13.2 Å². The molecule has 0 amide bonds. The molecule has 1 heterocycles. The van der Waals surface area contributed by atoms with E-state index in [2.05, 4.69) is 15.6 Å². The lowest BCUT2D eigenvalue weighted by Gasteiger charge is -2.02. The summed E-state index contributed by atoms with van der Waals surface area (Å²) in [6.07, 6.45) is -4.45. The van der Waals surface area contributed by atoms with Crippen molar-refractivity contribution >= 4 is 23.0 Å². The fourth-order valence-electron chi connectivity index (χ4n) is 1.42. The van der Waals surface area contributed by atoms with Crippen molar-refractivity contribution in [1.29, 1.82) is 0 Å². The number of H-pyrrole nitrogens is 1. The number of nitrogens with zero attached hydrogens (tertiary/aromatic N) is 2. The molecule has 0 atom stereocenters. The first-order valence-corrected chi connectivity index (χ1v) is 5.93. The van der Waals surface area contributed by atoms with Gasteiger partial charge in [-0.05, 0) is 31.2 Å². The quantitative estimate of drug-likeness (QED) is 0.667. The van der Waals surface area contributed by atoms with Gasteiger partial charge >= 0.3 is 6.18 Å². The first kappa shape index (κ1) is 14.4. The third-order valence-electron chi connectivity index (χ3n) is 2.43. The highest BCUT2D eigenvalue weighted by molar-refractivity contribution is 6.30. The summed E-state index contributed by atoms with van der Waals surface area (Å²) in [6.45, 7) is 1.55. The minimum absolute atomic E-state index is 0.117. The molecule has 4 nitrogen and oxygen atoms in total. The number of aromatic nitrogens is 2. The van der Waals surface area contributed by atoms with Crippen molar-refractivity contribution in [2.45, 2.75) is 13.1 Å². The van der Waals surface area contributed by atoms with Crippen LogP contribution in [0.4, 0.5) is 18.9 Å². The monoisotopic (exact) mass is 302 g/mol. The molecule has 2 aromatic rings. The molecule has 0 unspecified atom stereocenters. The van der Waals surface area contributed by atoms with Crippen LogP contribution in [0.25, 0.3) is 0 Å². The topological polar surface area (TPSA) is 53.1 Å². The lowest BCUT2D eigenvalue weighted by molar-refractivity contribution is -0.141. The van der Waals surface area contributed by atoms with E-state index in [4.69, 9.17) is 11.6 Å². The average Bonchev–Trinajstić information content (AvgIpc) is 2.85. The van der Waals surface area contributed by atoms with Gasteiger partial charge < -0.3 is 0 Å². The van der Waals surface area contributed by atoms with E-state index < -0.39 is 11.9 Å². The average molecular weight is 303 g/mol. The highest BCUT2D eigenvalue weighted by atomic mass is 35.5. The molecule has 1 aromatic heterocycles. The maximum atomic E-state index is 12.4. The fourth-order valence-corrected chi connectivity index (χ4v) is 1.61. The van der Waals surface area contributed by atoms with Gasteiger partial charge in [-0.25, -0.2) is 0 Å². The smallest absolute Gasteiger partial charge is 0.278 e. The van der Waals surface area contributed by atoms with Crippen LogP contribution in [-0.2, 0) is 6.18 Å². The number of hydrogen-bond acceptors (Lipinski definition) is 3. The minimum Gasteiger partial charge on any atom is -0.278 e. The SMILES string of the molecule is C/C(=N\Nc1cccc(Cl)c1)c1cc(C(F)(F)F)[nH]n1. The number of alkyl halides is 3. The zero-order valence-corrected chi connectivity index (χ0v) is 11.0. The van der Waals surface area contributed by atoms with Gasteiger partial charge in [0, 0.05) is 5.02 Å². The van der Waals surface area contributed by atoms with Gasteiger partial charge in [0.05, 0.1) is 11.4 Å². The molecule has 0 spiro atoms. The van der Waals surface area contributed by atoms with E-state index in [0.717, 1.165) is 6.07 Å². The van der Waals surface area contributed by atoms with Crippen molar-refractivity contribution in [2.24, 2.45) is 5.10 Å². The zero-order chi connectivity index (χ0) is 14.8. The molecule has 0 saturated heterocycles. The predicted octanol–water partition coefficient (Wildman–Crippen LogP) is 3.92. The molecule has 0 aliphatic carbocycles. The van der Waals surface area contributed by atoms with Crippen LogP contribution in [-0.4, -0.2) is 15.9 Å². The summed E-state index contributed by atoms with van der Waals surface area (Å²) in [6, 6.07) is 7.70. The number of rotatable bonds is 3. The molecule has 0 bridgehead atoms. The number of hydrazone groups is 1. The summed E-state index contributed by atoms with van der Waals surface area (Å²) in [5.74, 6) is 0. The molecule has 1 aromatic carbocycles. The van der Waals surface area contributed by atoms with Gasteiger partial charge in [0.1, 0.15) is 11.4 Å². The molecule has 0 saturated carbocycles. The van der Waals surface area contributed by atoms with Gasteiger partial charge in [0.25, 0.3) is 0 Å². The number of benzene rings is 1. The van der Waals surface area contributed by atoms with Gasteiger partial charge in [-0.1, -0.05) is 17.7 Å². The normalized spacial score (nSPS) is 12.6. The van der Waals surface area contributed by atoms with Crippen LogP contribution >= 0.6 is 11.6 Å². The second-order valence-corrected chi connectivity index (χ2v) is 4.42. The highest BCUT2D eigenvalue weighted by Crippen LogP contribution is 2.27. The molecule has 106 valence electrons. The Hall–Kier alpha value is -2.02. The predicted molar refractivity (Wildman–Crippen MR) is 70.9 cm³/mol. The van der Waals surface area contributed by atoms with E-state index in [1.807, 2.05) is 5.10 Å². The van der Waals surface area contributed by atoms with Crippen LogP contribution in [0.15, 0.2) is 35.4 Å². The molecule has 0 fully saturated rings. The molecular weight excluding hydrogens is 293 g/mol. The summed E-state index contributed by atoms with van der Waals surface area (Å²) in [4.78, 5) is 0. The van der Waals surface area contributed by atoms with Crippen LogP contribution in [0, 0.1) is 0 Å². The standard InChI is InChI=1S/C12H10ClF3N4/c1-7(10-6-11(20-19-10)12(14,15)16)17-18-9-4-2-3-8(13)5-9/h2-6,18H,1H3,(H,19,20)/b17-7+. The Morgan fingerprint density at radius 2 is 2.10 bits per heavy atom. The number of halogens is 4. The van der Waals surface area contributed by atoms with Gasteiger partial charge in [0.2, 0.25) is 0 Å². The molecule has 2 rings (SSSR count). The van der Waals surface area contributed by atoms with Crippen molar-refractivity contribution in [3.8, 4) is 0 Å². The van der Waals surface area contributed by atoms with Crippen LogP contribution in [0.3, 0.4) is 0 Å². The van der Waals surface area contributed by atoms with E-state index in [1.165, 1.54) is 0 Å². The number of nitrogens with one attached hydrogen (secondary N) is 2. The molecule has 8 heteroatoms. The first-order valence-electron chi connectivity index (χ1n) is 5.55. The van der Waals surface area contributed by atoms with Crippen LogP contribution in [0.1, 0.15) is 18.3 Å². The molecule has 0 radical (unpaired) electrons. The fraction of sp³-hybridized carbons (Fsp3) is 0.167. The summed E-state index contributed by atoms with van der Waals surface area (Å²) in [5.41, 5.74) is 2.85. The molecule has 0 aliphatic rings. The summed E-state index contributed by atoms with van der Waals surface area (Å²) < 4.78 is 37.3. The largest absolute Gasteiger partial charge is 0.432 e. The number of anilines is 1. The van der Waals surface area contributed by atoms with Crippen molar-refractivity contribution in [3.05, 3.63) is 46.7 Å². The Labute approximate surface area is 117 Å². The zero-order valence-electron chi connectivity index (χ0n) is 10.3. The van der Waals surface area contributed by atoms with Gasteiger partial charge in [-0.15, -0.1) is 0 Å².